The van der Waals surface area contributed by atoms with Crippen LogP contribution in [0.3, 0.4) is 0 Å². The number of rotatable bonds is 5. The predicted molar refractivity (Wildman–Crippen MR) is 104 cm³/mol. The molecule has 150 valence electrons. The predicted octanol–water partition coefficient (Wildman–Crippen LogP) is 2.10. The maximum absolute atomic E-state index is 12.6. The Balaban J connectivity index is 1.51. The Morgan fingerprint density at radius 2 is 2.04 bits per heavy atom. The lowest BCUT2D eigenvalue weighted by Gasteiger charge is -2.30. The number of benzene rings is 1. The molecule has 1 unspecified atom stereocenters. The third-order valence-electron chi connectivity index (χ3n) is 5.32. The number of aliphatic hydroxyl groups is 1. The number of morpholine rings is 1. The summed E-state index contributed by atoms with van der Waals surface area (Å²) in [6.07, 6.45) is 1.87. The maximum Gasteiger partial charge on any atom is 0.236 e. The van der Waals surface area contributed by atoms with Crippen molar-refractivity contribution in [2.24, 2.45) is 0 Å². The molecule has 1 atom stereocenters. The summed E-state index contributed by atoms with van der Waals surface area (Å²) in [5.41, 5.74) is 0.114. The Morgan fingerprint density at radius 1 is 1.26 bits per heavy atom. The van der Waals surface area contributed by atoms with Gasteiger partial charge in [0.15, 0.2) is 0 Å². The van der Waals surface area contributed by atoms with Crippen molar-refractivity contribution in [2.75, 3.05) is 52.5 Å². The molecule has 2 saturated heterocycles. The number of nitrogens with zero attached hydrogens (tertiary/aromatic N) is 2. The van der Waals surface area contributed by atoms with Crippen LogP contribution in [0.25, 0.3) is 0 Å². The lowest BCUT2D eigenvalue weighted by atomic mass is 9.96. The summed E-state index contributed by atoms with van der Waals surface area (Å²) in [4.78, 5) is 16.6. The summed E-state index contributed by atoms with van der Waals surface area (Å²) < 4.78 is 11.2. The van der Waals surface area contributed by atoms with E-state index in [1.807, 2.05) is 24.0 Å². The quantitative estimate of drug-likeness (QED) is 0.825. The summed E-state index contributed by atoms with van der Waals surface area (Å²) in [6.45, 7) is 6.78. The zero-order valence-electron chi connectivity index (χ0n) is 16.0. The third kappa shape index (κ3) is 5.82. The smallest absolute Gasteiger partial charge is 0.236 e. The van der Waals surface area contributed by atoms with Crippen LogP contribution < -0.4 is 4.74 Å². The Labute approximate surface area is 166 Å². The first kappa shape index (κ1) is 20.4. The molecular weight excluding hydrogens is 368 g/mol. The summed E-state index contributed by atoms with van der Waals surface area (Å²) in [6, 6.07) is 5.60. The standard InChI is InChI=1S/C20H29ClN2O4/c1-16-3-4-17(21)18(13-16)27-15-20(25)5-2-7-23(8-6-20)19(24)14-22-9-11-26-12-10-22/h3-4,13,25H,2,5-12,14-15H2,1H3. The minimum atomic E-state index is -0.943. The Bertz CT molecular complexity index is 651. The van der Waals surface area contributed by atoms with Crippen molar-refractivity contribution in [3.05, 3.63) is 28.8 Å². The minimum Gasteiger partial charge on any atom is -0.489 e. The molecule has 0 spiro atoms. The van der Waals surface area contributed by atoms with Gasteiger partial charge in [-0.3, -0.25) is 9.69 Å². The van der Waals surface area contributed by atoms with Gasteiger partial charge in [-0.15, -0.1) is 0 Å². The van der Waals surface area contributed by atoms with Crippen molar-refractivity contribution in [1.29, 1.82) is 0 Å². The number of carbonyl (C=O) groups excluding carboxylic acids is 1. The van der Waals surface area contributed by atoms with Gasteiger partial charge < -0.3 is 19.5 Å². The second-order valence-electron chi connectivity index (χ2n) is 7.57. The van der Waals surface area contributed by atoms with Crippen molar-refractivity contribution >= 4 is 17.5 Å². The lowest BCUT2D eigenvalue weighted by molar-refractivity contribution is -0.133. The van der Waals surface area contributed by atoms with E-state index < -0.39 is 5.60 Å². The number of likely N-dealkylation sites (tertiary alicyclic amines) is 1. The lowest BCUT2D eigenvalue weighted by Crippen LogP contribution is -2.45. The van der Waals surface area contributed by atoms with Gasteiger partial charge in [0.1, 0.15) is 18.0 Å². The van der Waals surface area contributed by atoms with Crippen molar-refractivity contribution in [3.63, 3.8) is 0 Å². The zero-order chi connectivity index (χ0) is 19.3. The van der Waals surface area contributed by atoms with E-state index in [9.17, 15) is 9.90 Å². The molecule has 1 N–H and O–H groups in total. The van der Waals surface area contributed by atoms with Gasteiger partial charge in [0, 0.05) is 26.2 Å². The van der Waals surface area contributed by atoms with E-state index in [1.165, 1.54) is 0 Å². The fourth-order valence-electron chi connectivity index (χ4n) is 3.56. The van der Waals surface area contributed by atoms with Gasteiger partial charge in [-0.05, 0) is 43.9 Å². The second kappa shape index (κ2) is 9.24. The average Bonchev–Trinajstić information content (AvgIpc) is 2.86. The molecule has 0 saturated carbocycles. The maximum atomic E-state index is 12.6. The largest absolute Gasteiger partial charge is 0.489 e. The van der Waals surface area contributed by atoms with E-state index in [1.54, 1.807) is 6.07 Å². The van der Waals surface area contributed by atoms with E-state index in [0.29, 0.717) is 56.5 Å². The van der Waals surface area contributed by atoms with Crippen molar-refractivity contribution < 1.29 is 19.4 Å². The fraction of sp³-hybridized carbons (Fsp3) is 0.650. The van der Waals surface area contributed by atoms with E-state index in [0.717, 1.165) is 25.1 Å². The van der Waals surface area contributed by atoms with Gasteiger partial charge in [-0.1, -0.05) is 17.7 Å². The molecule has 0 aliphatic carbocycles. The fourth-order valence-corrected chi connectivity index (χ4v) is 3.73. The van der Waals surface area contributed by atoms with Crippen LogP contribution >= 0.6 is 11.6 Å². The summed E-state index contributed by atoms with van der Waals surface area (Å²) in [5.74, 6) is 0.721. The molecule has 7 heteroatoms. The molecule has 1 amide bonds. The number of hydrogen-bond donors (Lipinski definition) is 1. The molecule has 1 aromatic carbocycles. The van der Waals surface area contributed by atoms with Crippen LogP contribution in [0.1, 0.15) is 24.8 Å². The number of aryl methyl sites for hydroxylation is 1. The second-order valence-corrected chi connectivity index (χ2v) is 7.98. The highest BCUT2D eigenvalue weighted by Gasteiger charge is 2.33. The highest BCUT2D eigenvalue weighted by Crippen LogP contribution is 2.29. The van der Waals surface area contributed by atoms with Crippen LogP contribution in [-0.2, 0) is 9.53 Å². The average molecular weight is 397 g/mol. The summed E-state index contributed by atoms with van der Waals surface area (Å²) in [7, 11) is 0. The number of halogens is 1. The van der Waals surface area contributed by atoms with Crippen LogP contribution in [-0.4, -0.2) is 79.0 Å². The first-order chi connectivity index (χ1) is 13.0. The number of amides is 1. The number of ether oxygens (including phenoxy) is 2. The zero-order valence-corrected chi connectivity index (χ0v) is 16.7. The third-order valence-corrected chi connectivity index (χ3v) is 5.63. The van der Waals surface area contributed by atoms with Crippen LogP contribution in [0, 0.1) is 6.92 Å². The molecule has 6 nitrogen and oxygen atoms in total. The molecule has 0 radical (unpaired) electrons. The van der Waals surface area contributed by atoms with E-state index in [4.69, 9.17) is 21.1 Å². The van der Waals surface area contributed by atoms with Crippen LogP contribution in [0.4, 0.5) is 0 Å². The van der Waals surface area contributed by atoms with E-state index in [2.05, 4.69) is 4.90 Å². The van der Waals surface area contributed by atoms with Gasteiger partial charge in [0.05, 0.1) is 24.8 Å². The normalized spacial score (nSPS) is 24.5. The molecule has 1 aromatic rings. The number of hydrogen-bond acceptors (Lipinski definition) is 5. The van der Waals surface area contributed by atoms with Crippen LogP contribution in [0.15, 0.2) is 18.2 Å². The molecular formula is C20H29ClN2O4. The van der Waals surface area contributed by atoms with Gasteiger partial charge in [-0.2, -0.15) is 0 Å². The van der Waals surface area contributed by atoms with Crippen molar-refractivity contribution in [1.82, 2.24) is 9.80 Å². The monoisotopic (exact) mass is 396 g/mol. The topological polar surface area (TPSA) is 62.2 Å². The first-order valence-corrected chi connectivity index (χ1v) is 10.0. The molecule has 27 heavy (non-hydrogen) atoms. The molecule has 0 bridgehead atoms. The van der Waals surface area contributed by atoms with Crippen LogP contribution in [0.5, 0.6) is 5.75 Å². The highest BCUT2D eigenvalue weighted by atomic mass is 35.5. The van der Waals surface area contributed by atoms with E-state index >= 15 is 0 Å². The first-order valence-electron chi connectivity index (χ1n) is 9.64. The number of carbonyl (C=O) groups is 1. The van der Waals surface area contributed by atoms with Crippen LogP contribution in [0.2, 0.25) is 5.02 Å². The molecule has 2 heterocycles. The van der Waals surface area contributed by atoms with Gasteiger partial charge in [0.25, 0.3) is 0 Å². The SMILES string of the molecule is Cc1ccc(Cl)c(OCC2(O)CCCN(C(=O)CN3CCOCC3)CC2)c1. The highest BCUT2D eigenvalue weighted by molar-refractivity contribution is 6.32. The van der Waals surface area contributed by atoms with Gasteiger partial charge in [-0.25, -0.2) is 0 Å². The van der Waals surface area contributed by atoms with Gasteiger partial charge in [0.2, 0.25) is 5.91 Å². The minimum absolute atomic E-state index is 0.129. The van der Waals surface area contributed by atoms with E-state index in [-0.39, 0.29) is 12.5 Å². The Hall–Kier alpha value is -1.34. The molecule has 2 aliphatic heterocycles. The molecule has 2 fully saturated rings. The Morgan fingerprint density at radius 3 is 2.81 bits per heavy atom. The molecule has 3 rings (SSSR count). The summed E-state index contributed by atoms with van der Waals surface area (Å²) >= 11 is 6.18. The summed E-state index contributed by atoms with van der Waals surface area (Å²) in [5, 5.41) is 11.5. The van der Waals surface area contributed by atoms with Crippen molar-refractivity contribution in [2.45, 2.75) is 31.8 Å². The molecule has 2 aliphatic rings. The Kier molecular flexibility index (Phi) is 6.98. The van der Waals surface area contributed by atoms with Crippen molar-refractivity contribution in [3.8, 4) is 5.75 Å². The van der Waals surface area contributed by atoms with Gasteiger partial charge >= 0.3 is 0 Å². The molecule has 0 aromatic heterocycles.